The van der Waals surface area contributed by atoms with Crippen molar-refractivity contribution in [3.05, 3.63) is 95.1 Å². The molecule has 32 heavy (non-hydrogen) atoms. The maximum Gasteiger partial charge on any atom is 0.360 e. The van der Waals surface area contributed by atoms with Crippen LogP contribution in [0.5, 0.6) is 5.75 Å². The van der Waals surface area contributed by atoms with E-state index in [1.54, 1.807) is 6.07 Å². The van der Waals surface area contributed by atoms with Crippen molar-refractivity contribution < 1.29 is 29.8 Å². The first kappa shape index (κ1) is 21.5. The van der Waals surface area contributed by atoms with Crippen LogP contribution in [0.25, 0.3) is 11.0 Å². The molecule has 0 spiro atoms. The van der Waals surface area contributed by atoms with Gasteiger partial charge in [-0.2, -0.15) is 8.42 Å². The first-order valence-electron chi connectivity index (χ1n) is 9.00. The molecule has 8 nitrogen and oxygen atoms in total. The second kappa shape index (κ2) is 8.09. The van der Waals surface area contributed by atoms with Crippen LogP contribution in [-0.4, -0.2) is 16.8 Å². The van der Waals surface area contributed by atoms with Gasteiger partial charge in [-0.15, -0.1) is 0 Å². The number of sulfonamides is 1. The Labute approximate surface area is 182 Å². The van der Waals surface area contributed by atoms with Gasteiger partial charge in [-0.05, 0) is 42.5 Å². The van der Waals surface area contributed by atoms with E-state index in [0.29, 0.717) is 0 Å². The lowest BCUT2D eigenvalue weighted by molar-refractivity contribution is 0.475. The Kier molecular flexibility index (Phi) is 5.45. The first-order chi connectivity index (χ1) is 15.2. The van der Waals surface area contributed by atoms with Crippen molar-refractivity contribution >= 4 is 36.8 Å². The highest BCUT2D eigenvalue weighted by Gasteiger charge is 2.21. The Hall–Kier alpha value is -3.70. The van der Waals surface area contributed by atoms with Crippen molar-refractivity contribution in [1.82, 2.24) is 0 Å². The Morgan fingerprint density at radius 2 is 1.50 bits per heavy atom. The van der Waals surface area contributed by atoms with Crippen molar-refractivity contribution in [2.24, 2.45) is 0 Å². The topological polar surface area (TPSA) is 120 Å². The standard InChI is InChI=1S/C21H14FNO7S2/c22-15-7-5-10-17(13-15)31(25,26)23-18-12-14-6-4-11-19(20(14)29-21(18)24)30-32(27,28)16-8-2-1-3-9-16/h1-13,23H. The average molecular weight is 475 g/mol. The van der Waals surface area contributed by atoms with Crippen molar-refractivity contribution in [2.45, 2.75) is 9.79 Å². The van der Waals surface area contributed by atoms with Crippen LogP contribution in [0, 0.1) is 5.82 Å². The molecule has 0 bridgehead atoms. The highest BCUT2D eigenvalue weighted by molar-refractivity contribution is 7.92. The summed E-state index contributed by atoms with van der Waals surface area (Å²) in [6, 6.07) is 17.0. The van der Waals surface area contributed by atoms with Gasteiger partial charge in [0.1, 0.15) is 16.4 Å². The molecular formula is C21H14FNO7S2. The van der Waals surface area contributed by atoms with E-state index in [9.17, 15) is 26.0 Å². The molecule has 0 radical (unpaired) electrons. The predicted molar refractivity (Wildman–Crippen MR) is 114 cm³/mol. The second-order valence-corrected chi connectivity index (χ2v) is 9.76. The molecule has 0 fully saturated rings. The number of rotatable bonds is 6. The second-order valence-electron chi connectivity index (χ2n) is 6.54. The van der Waals surface area contributed by atoms with E-state index in [-0.39, 0.29) is 26.5 Å². The number of halogens is 1. The first-order valence-corrected chi connectivity index (χ1v) is 11.9. The fraction of sp³-hybridized carbons (Fsp3) is 0. The zero-order valence-electron chi connectivity index (χ0n) is 16.1. The third-order valence-electron chi connectivity index (χ3n) is 4.31. The molecule has 0 atom stereocenters. The fourth-order valence-electron chi connectivity index (χ4n) is 2.85. The lowest BCUT2D eigenvalue weighted by atomic mass is 10.2. The zero-order chi connectivity index (χ0) is 22.9. The summed E-state index contributed by atoms with van der Waals surface area (Å²) in [5.41, 5.74) is -1.72. The Morgan fingerprint density at radius 3 is 2.22 bits per heavy atom. The SMILES string of the molecule is O=c1oc2c(OS(=O)(=O)c3ccccc3)cccc2cc1NS(=O)(=O)c1cccc(F)c1. The number of hydrogen-bond donors (Lipinski definition) is 1. The Morgan fingerprint density at radius 1 is 0.812 bits per heavy atom. The van der Waals surface area contributed by atoms with Crippen LogP contribution in [0.2, 0.25) is 0 Å². The lowest BCUT2D eigenvalue weighted by Gasteiger charge is -2.10. The minimum atomic E-state index is -4.28. The summed E-state index contributed by atoms with van der Waals surface area (Å²) in [5.74, 6) is -1.01. The maximum absolute atomic E-state index is 13.4. The van der Waals surface area contributed by atoms with Crippen LogP contribution in [0.3, 0.4) is 0 Å². The molecule has 0 aliphatic rings. The molecule has 1 aromatic heterocycles. The normalized spacial score (nSPS) is 11.9. The van der Waals surface area contributed by atoms with E-state index in [1.165, 1.54) is 54.6 Å². The van der Waals surface area contributed by atoms with Gasteiger partial charge in [0.15, 0.2) is 11.3 Å². The van der Waals surface area contributed by atoms with Gasteiger partial charge in [-0.3, -0.25) is 4.72 Å². The molecule has 0 amide bonds. The van der Waals surface area contributed by atoms with Gasteiger partial charge in [-0.1, -0.05) is 36.4 Å². The molecular weight excluding hydrogens is 461 g/mol. The number of para-hydroxylation sites is 1. The van der Waals surface area contributed by atoms with Gasteiger partial charge in [0.2, 0.25) is 0 Å². The third kappa shape index (κ3) is 4.34. The summed E-state index contributed by atoms with van der Waals surface area (Å²) in [7, 11) is -8.48. The number of anilines is 1. The molecule has 3 aromatic carbocycles. The van der Waals surface area contributed by atoms with Gasteiger partial charge < -0.3 is 8.60 Å². The van der Waals surface area contributed by atoms with E-state index in [0.717, 1.165) is 18.2 Å². The number of benzene rings is 3. The van der Waals surface area contributed by atoms with Crippen LogP contribution in [-0.2, 0) is 20.1 Å². The molecule has 0 aliphatic heterocycles. The molecule has 1 heterocycles. The molecule has 164 valence electrons. The third-order valence-corrected chi connectivity index (χ3v) is 6.92. The highest BCUT2D eigenvalue weighted by Crippen LogP contribution is 2.29. The van der Waals surface area contributed by atoms with E-state index in [2.05, 4.69) is 4.72 Å². The monoisotopic (exact) mass is 475 g/mol. The van der Waals surface area contributed by atoms with Gasteiger partial charge in [0.25, 0.3) is 10.0 Å². The van der Waals surface area contributed by atoms with Gasteiger partial charge >= 0.3 is 15.7 Å². The van der Waals surface area contributed by atoms with Crippen molar-refractivity contribution in [3.63, 3.8) is 0 Å². The molecule has 0 saturated heterocycles. The lowest BCUT2D eigenvalue weighted by Crippen LogP contribution is -2.18. The summed E-state index contributed by atoms with van der Waals surface area (Å²) in [4.78, 5) is 11.9. The average Bonchev–Trinajstić information content (AvgIpc) is 2.75. The summed E-state index contributed by atoms with van der Waals surface area (Å²) >= 11 is 0. The van der Waals surface area contributed by atoms with Crippen LogP contribution < -0.4 is 14.5 Å². The van der Waals surface area contributed by atoms with E-state index >= 15 is 0 Å². The molecule has 0 unspecified atom stereocenters. The maximum atomic E-state index is 13.4. The minimum Gasteiger partial charge on any atom is -0.417 e. The molecule has 11 heteroatoms. The number of fused-ring (bicyclic) bond motifs is 1. The quantitative estimate of drug-likeness (QED) is 0.335. The molecule has 0 aliphatic carbocycles. The largest absolute Gasteiger partial charge is 0.417 e. The Bertz CT molecular complexity index is 1580. The predicted octanol–water partition coefficient (Wildman–Crippen LogP) is 3.50. The van der Waals surface area contributed by atoms with E-state index in [4.69, 9.17) is 8.60 Å². The van der Waals surface area contributed by atoms with Crippen molar-refractivity contribution in [2.75, 3.05) is 4.72 Å². The Balaban J connectivity index is 1.72. The summed E-state index contributed by atoms with van der Waals surface area (Å²) in [5, 5.41) is 0.197. The summed E-state index contributed by atoms with van der Waals surface area (Å²) in [6.45, 7) is 0. The van der Waals surface area contributed by atoms with Gasteiger partial charge in [0, 0.05) is 5.39 Å². The highest BCUT2D eigenvalue weighted by atomic mass is 32.2. The van der Waals surface area contributed by atoms with Crippen LogP contribution >= 0.6 is 0 Å². The summed E-state index contributed by atoms with van der Waals surface area (Å²) < 4.78 is 75.7. The fourth-order valence-corrected chi connectivity index (χ4v) is 4.88. The van der Waals surface area contributed by atoms with Crippen molar-refractivity contribution in [3.8, 4) is 5.75 Å². The van der Waals surface area contributed by atoms with E-state index in [1.807, 2.05) is 0 Å². The van der Waals surface area contributed by atoms with Crippen molar-refractivity contribution in [1.29, 1.82) is 0 Å². The van der Waals surface area contributed by atoms with Crippen LogP contribution in [0.15, 0.2) is 97.9 Å². The minimum absolute atomic E-state index is 0.0983. The summed E-state index contributed by atoms with van der Waals surface area (Å²) in [6.07, 6.45) is 0. The molecule has 4 aromatic rings. The molecule has 0 saturated carbocycles. The molecule has 1 N–H and O–H groups in total. The van der Waals surface area contributed by atoms with Crippen LogP contribution in [0.4, 0.5) is 10.1 Å². The zero-order valence-corrected chi connectivity index (χ0v) is 17.7. The van der Waals surface area contributed by atoms with Gasteiger partial charge in [0.05, 0.1) is 4.90 Å². The number of hydrogen-bond acceptors (Lipinski definition) is 7. The van der Waals surface area contributed by atoms with Gasteiger partial charge in [-0.25, -0.2) is 17.6 Å². The van der Waals surface area contributed by atoms with E-state index < -0.39 is 37.3 Å². The molecule has 4 rings (SSSR count). The smallest absolute Gasteiger partial charge is 0.360 e. The van der Waals surface area contributed by atoms with Crippen LogP contribution in [0.1, 0.15) is 0 Å². The number of nitrogens with one attached hydrogen (secondary N) is 1.